The summed E-state index contributed by atoms with van der Waals surface area (Å²) in [5, 5.41) is 17.3. The van der Waals surface area contributed by atoms with E-state index in [1.165, 1.54) is 41.3 Å². The number of carbonyl (C=O) groups excluding carboxylic acids is 1. The Morgan fingerprint density at radius 1 is 1.24 bits per heavy atom. The molecule has 1 aromatic heterocycles. The molecule has 3 rings (SSSR count). The number of amides is 1. The van der Waals surface area contributed by atoms with Crippen molar-refractivity contribution in [3.8, 4) is 0 Å². The number of carbonyl (C=O) groups is 1. The van der Waals surface area contributed by atoms with E-state index in [1.54, 1.807) is 0 Å². The molecule has 0 unspecified atom stereocenters. The number of halogens is 4. The van der Waals surface area contributed by atoms with Gasteiger partial charge in [-0.2, -0.15) is 18.3 Å². The molecule has 1 heterocycles. The van der Waals surface area contributed by atoms with E-state index in [0.29, 0.717) is 5.56 Å². The molecule has 0 bridgehead atoms. The fourth-order valence-electron chi connectivity index (χ4n) is 2.54. The Bertz CT molecular complexity index is 1080. The molecule has 0 fully saturated rings. The zero-order valence-electron chi connectivity index (χ0n) is 14.5. The van der Waals surface area contributed by atoms with Gasteiger partial charge in [-0.05, 0) is 29.8 Å². The van der Waals surface area contributed by atoms with Gasteiger partial charge in [0, 0.05) is 17.8 Å². The average Bonchev–Trinajstić information content (AvgIpc) is 3.08. The summed E-state index contributed by atoms with van der Waals surface area (Å²) in [5.74, 6) is -0.622. The van der Waals surface area contributed by atoms with Crippen molar-refractivity contribution in [2.24, 2.45) is 0 Å². The number of aromatic nitrogens is 2. The van der Waals surface area contributed by atoms with Gasteiger partial charge in [0.25, 0.3) is 11.6 Å². The first kappa shape index (κ1) is 20.3. The standard InChI is InChI=1S/C18H12ClF3N4O3/c19-15-5-4-12(7-16(15)26(28)29)17(27)24-14-8-23-25(10-14)9-11-2-1-3-13(6-11)18(20,21)22/h1-8,10H,9H2,(H,24,27). The van der Waals surface area contributed by atoms with Crippen LogP contribution >= 0.6 is 11.6 Å². The zero-order chi connectivity index (χ0) is 21.2. The van der Waals surface area contributed by atoms with Crippen LogP contribution in [0.2, 0.25) is 5.02 Å². The van der Waals surface area contributed by atoms with Crippen LogP contribution in [0.15, 0.2) is 54.9 Å². The summed E-state index contributed by atoms with van der Waals surface area (Å²) in [7, 11) is 0. The molecule has 0 radical (unpaired) electrons. The highest BCUT2D eigenvalue weighted by Crippen LogP contribution is 2.30. The van der Waals surface area contributed by atoms with Crippen LogP contribution in [-0.4, -0.2) is 20.6 Å². The Kier molecular flexibility index (Phi) is 5.55. The molecule has 29 heavy (non-hydrogen) atoms. The quantitative estimate of drug-likeness (QED) is 0.472. The fraction of sp³-hybridized carbons (Fsp3) is 0.111. The van der Waals surface area contributed by atoms with Gasteiger partial charge >= 0.3 is 6.18 Å². The third kappa shape index (κ3) is 4.91. The monoisotopic (exact) mass is 424 g/mol. The van der Waals surface area contributed by atoms with Crippen molar-refractivity contribution in [3.63, 3.8) is 0 Å². The first-order chi connectivity index (χ1) is 13.6. The van der Waals surface area contributed by atoms with Gasteiger partial charge in [0.1, 0.15) is 5.02 Å². The van der Waals surface area contributed by atoms with Crippen molar-refractivity contribution in [2.75, 3.05) is 5.32 Å². The van der Waals surface area contributed by atoms with E-state index < -0.39 is 28.3 Å². The fourth-order valence-corrected chi connectivity index (χ4v) is 2.73. The van der Waals surface area contributed by atoms with Crippen LogP contribution in [0, 0.1) is 10.1 Å². The molecule has 1 amide bonds. The second kappa shape index (κ2) is 7.92. The summed E-state index contributed by atoms with van der Waals surface area (Å²) in [4.78, 5) is 22.5. The maximum atomic E-state index is 12.8. The topological polar surface area (TPSA) is 90.1 Å². The number of nitrogens with one attached hydrogen (secondary N) is 1. The van der Waals surface area contributed by atoms with Crippen molar-refractivity contribution in [3.05, 3.63) is 86.7 Å². The lowest BCUT2D eigenvalue weighted by molar-refractivity contribution is -0.384. The maximum absolute atomic E-state index is 12.8. The lowest BCUT2D eigenvalue weighted by Gasteiger charge is -2.08. The molecule has 2 aromatic carbocycles. The molecule has 0 aliphatic heterocycles. The van der Waals surface area contributed by atoms with E-state index in [9.17, 15) is 28.1 Å². The Morgan fingerprint density at radius 2 is 2.00 bits per heavy atom. The minimum absolute atomic E-state index is 0.0201. The van der Waals surface area contributed by atoms with Crippen molar-refractivity contribution in [1.29, 1.82) is 0 Å². The van der Waals surface area contributed by atoms with Gasteiger partial charge in [0.2, 0.25) is 0 Å². The molecule has 150 valence electrons. The lowest BCUT2D eigenvalue weighted by atomic mass is 10.1. The average molecular weight is 425 g/mol. The number of nitro groups is 1. The number of hydrogen-bond acceptors (Lipinski definition) is 4. The highest BCUT2D eigenvalue weighted by Gasteiger charge is 2.30. The summed E-state index contributed by atoms with van der Waals surface area (Å²) in [5.41, 5.74) is -0.486. The number of alkyl halides is 3. The molecule has 11 heteroatoms. The van der Waals surface area contributed by atoms with Crippen LogP contribution in [0.5, 0.6) is 0 Å². The second-order valence-corrected chi connectivity index (χ2v) is 6.41. The number of nitro benzene ring substituents is 1. The Hall–Kier alpha value is -3.40. The first-order valence-corrected chi connectivity index (χ1v) is 8.45. The van der Waals surface area contributed by atoms with E-state index >= 15 is 0 Å². The van der Waals surface area contributed by atoms with E-state index in [1.807, 2.05) is 0 Å². The number of anilines is 1. The summed E-state index contributed by atoms with van der Waals surface area (Å²) in [6.45, 7) is 0.0617. The Labute approximate surface area is 166 Å². The highest BCUT2D eigenvalue weighted by molar-refractivity contribution is 6.32. The molecule has 0 spiro atoms. The van der Waals surface area contributed by atoms with Crippen molar-refractivity contribution in [2.45, 2.75) is 12.7 Å². The van der Waals surface area contributed by atoms with Crippen LogP contribution < -0.4 is 5.32 Å². The molecule has 1 N–H and O–H groups in total. The van der Waals surface area contributed by atoms with Gasteiger partial charge in [-0.25, -0.2) is 0 Å². The second-order valence-electron chi connectivity index (χ2n) is 6.00. The molecule has 0 saturated heterocycles. The van der Waals surface area contributed by atoms with Crippen molar-refractivity contribution < 1.29 is 22.9 Å². The number of benzene rings is 2. The summed E-state index contributed by atoms with van der Waals surface area (Å²) < 4.78 is 39.8. The van der Waals surface area contributed by atoms with E-state index in [4.69, 9.17) is 11.6 Å². The molecule has 0 saturated carbocycles. The van der Waals surface area contributed by atoms with Crippen molar-refractivity contribution >= 4 is 28.9 Å². The Morgan fingerprint density at radius 3 is 2.69 bits per heavy atom. The van der Waals surface area contributed by atoms with Gasteiger partial charge in [-0.15, -0.1) is 0 Å². The summed E-state index contributed by atoms with van der Waals surface area (Å²) >= 11 is 5.72. The van der Waals surface area contributed by atoms with E-state index in [2.05, 4.69) is 10.4 Å². The largest absolute Gasteiger partial charge is 0.416 e. The van der Waals surface area contributed by atoms with Crippen LogP contribution in [0.4, 0.5) is 24.5 Å². The predicted octanol–water partition coefficient (Wildman–Crippen LogP) is 4.76. The third-order valence-electron chi connectivity index (χ3n) is 3.90. The molecule has 0 aliphatic rings. The van der Waals surface area contributed by atoms with Crippen LogP contribution in [0.25, 0.3) is 0 Å². The lowest BCUT2D eigenvalue weighted by Crippen LogP contribution is -2.12. The molecular formula is C18H12ClF3N4O3. The molecule has 7 nitrogen and oxygen atoms in total. The SMILES string of the molecule is O=C(Nc1cnn(Cc2cccc(C(F)(F)F)c2)c1)c1ccc(Cl)c([N+](=O)[O-])c1. The first-order valence-electron chi connectivity index (χ1n) is 8.07. The van der Waals surface area contributed by atoms with Crippen LogP contribution in [0.3, 0.4) is 0 Å². The van der Waals surface area contributed by atoms with E-state index in [0.717, 1.165) is 18.2 Å². The van der Waals surface area contributed by atoms with Crippen molar-refractivity contribution in [1.82, 2.24) is 9.78 Å². The molecule has 0 atom stereocenters. The molecule has 0 aliphatic carbocycles. The highest BCUT2D eigenvalue weighted by atomic mass is 35.5. The number of hydrogen-bond donors (Lipinski definition) is 1. The summed E-state index contributed by atoms with van der Waals surface area (Å²) in [6, 6.07) is 8.45. The molecular weight excluding hydrogens is 413 g/mol. The van der Waals surface area contributed by atoms with Gasteiger partial charge in [-0.1, -0.05) is 23.7 Å². The maximum Gasteiger partial charge on any atom is 0.416 e. The zero-order valence-corrected chi connectivity index (χ0v) is 15.2. The minimum Gasteiger partial charge on any atom is -0.319 e. The molecule has 3 aromatic rings. The van der Waals surface area contributed by atoms with Gasteiger partial charge in [-0.3, -0.25) is 19.6 Å². The van der Waals surface area contributed by atoms with Gasteiger partial charge < -0.3 is 5.32 Å². The normalized spacial score (nSPS) is 11.3. The Balaban J connectivity index is 1.72. The predicted molar refractivity (Wildman–Crippen MR) is 98.8 cm³/mol. The smallest absolute Gasteiger partial charge is 0.319 e. The van der Waals surface area contributed by atoms with Gasteiger partial charge in [0.15, 0.2) is 0 Å². The van der Waals surface area contributed by atoms with Gasteiger partial charge in [0.05, 0.1) is 28.9 Å². The van der Waals surface area contributed by atoms with Crippen LogP contribution in [0.1, 0.15) is 21.5 Å². The minimum atomic E-state index is -4.44. The number of rotatable bonds is 5. The van der Waals surface area contributed by atoms with E-state index in [-0.39, 0.29) is 22.8 Å². The number of nitrogens with zero attached hydrogens (tertiary/aromatic N) is 3. The summed E-state index contributed by atoms with van der Waals surface area (Å²) in [6.07, 6.45) is -1.70. The van der Waals surface area contributed by atoms with Crippen LogP contribution in [-0.2, 0) is 12.7 Å². The third-order valence-corrected chi connectivity index (χ3v) is 4.21.